The van der Waals surface area contributed by atoms with Crippen molar-refractivity contribution in [1.82, 2.24) is 19.5 Å². The summed E-state index contributed by atoms with van der Waals surface area (Å²) in [5.41, 5.74) is 6.25. The molecule has 0 aliphatic carbocycles. The SMILES string of the molecule is Cc1cc(CNc2nc3ccc(NC4COC4)cc3n2C)cc(C)c1Oc1ncc(Cl)cn1. The lowest BCUT2D eigenvalue weighted by Gasteiger charge is -2.27. The van der Waals surface area contributed by atoms with E-state index < -0.39 is 0 Å². The number of rotatable bonds is 7. The number of aryl methyl sites for hydroxylation is 3. The van der Waals surface area contributed by atoms with Crippen LogP contribution in [0.3, 0.4) is 0 Å². The molecule has 0 saturated carbocycles. The zero-order chi connectivity index (χ0) is 22.9. The lowest BCUT2D eigenvalue weighted by Crippen LogP contribution is -2.40. The lowest BCUT2D eigenvalue weighted by atomic mass is 10.1. The Morgan fingerprint density at radius 3 is 2.52 bits per heavy atom. The van der Waals surface area contributed by atoms with Crippen LogP contribution in [0.2, 0.25) is 5.02 Å². The first kappa shape index (κ1) is 21.5. The fraction of sp³-hybridized carbons (Fsp3) is 0.292. The quantitative estimate of drug-likeness (QED) is 0.404. The van der Waals surface area contributed by atoms with Crippen LogP contribution in [0.25, 0.3) is 11.0 Å². The van der Waals surface area contributed by atoms with Gasteiger partial charge in [0.2, 0.25) is 5.95 Å². The van der Waals surface area contributed by atoms with Gasteiger partial charge in [-0.3, -0.25) is 0 Å². The van der Waals surface area contributed by atoms with Gasteiger partial charge in [-0.15, -0.1) is 0 Å². The van der Waals surface area contributed by atoms with Gasteiger partial charge in [-0.05, 0) is 48.7 Å². The number of aromatic nitrogens is 4. The van der Waals surface area contributed by atoms with E-state index in [1.165, 1.54) is 12.4 Å². The maximum Gasteiger partial charge on any atom is 0.321 e. The molecule has 0 bridgehead atoms. The van der Waals surface area contributed by atoms with Crippen LogP contribution in [0.15, 0.2) is 42.7 Å². The highest BCUT2D eigenvalue weighted by molar-refractivity contribution is 6.30. The number of fused-ring (bicyclic) bond motifs is 1. The highest BCUT2D eigenvalue weighted by atomic mass is 35.5. The molecule has 0 amide bonds. The first-order valence-electron chi connectivity index (χ1n) is 10.8. The van der Waals surface area contributed by atoms with Gasteiger partial charge in [0.15, 0.2) is 0 Å². The Kier molecular flexibility index (Phi) is 5.78. The molecule has 1 aliphatic rings. The van der Waals surface area contributed by atoms with Crippen LogP contribution in [0.4, 0.5) is 11.6 Å². The number of ether oxygens (including phenoxy) is 2. The molecule has 2 aromatic carbocycles. The van der Waals surface area contributed by atoms with E-state index in [-0.39, 0.29) is 6.01 Å². The van der Waals surface area contributed by atoms with E-state index in [1.54, 1.807) is 0 Å². The highest BCUT2D eigenvalue weighted by Crippen LogP contribution is 2.29. The molecule has 2 aromatic heterocycles. The number of nitrogens with one attached hydrogen (secondary N) is 2. The van der Waals surface area contributed by atoms with Crippen LogP contribution < -0.4 is 15.4 Å². The molecule has 3 heterocycles. The summed E-state index contributed by atoms with van der Waals surface area (Å²) >= 11 is 5.85. The van der Waals surface area contributed by atoms with Gasteiger partial charge >= 0.3 is 6.01 Å². The van der Waals surface area contributed by atoms with Crippen LogP contribution in [0, 0.1) is 13.8 Å². The Labute approximate surface area is 196 Å². The average Bonchev–Trinajstić information content (AvgIpc) is 3.08. The molecule has 4 aromatic rings. The van der Waals surface area contributed by atoms with Gasteiger partial charge in [-0.25, -0.2) is 15.0 Å². The summed E-state index contributed by atoms with van der Waals surface area (Å²) in [6.07, 6.45) is 3.04. The Morgan fingerprint density at radius 1 is 1.12 bits per heavy atom. The van der Waals surface area contributed by atoms with E-state index in [2.05, 4.69) is 49.4 Å². The van der Waals surface area contributed by atoms with Crippen LogP contribution >= 0.6 is 11.6 Å². The number of hydrogen-bond acceptors (Lipinski definition) is 7. The van der Waals surface area contributed by atoms with Crippen molar-refractivity contribution >= 4 is 34.3 Å². The molecule has 33 heavy (non-hydrogen) atoms. The van der Waals surface area contributed by atoms with Gasteiger partial charge in [0.1, 0.15) is 5.75 Å². The predicted octanol–water partition coefficient (Wildman–Crippen LogP) is 4.85. The van der Waals surface area contributed by atoms with E-state index in [4.69, 9.17) is 26.1 Å². The van der Waals surface area contributed by atoms with Crippen molar-refractivity contribution < 1.29 is 9.47 Å². The molecule has 0 atom stereocenters. The second-order valence-corrected chi connectivity index (χ2v) is 8.71. The first-order chi connectivity index (χ1) is 16.0. The summed E-state index contributed by atoms with van der Waals surface area (Å²) in [6.45, 7) is 6.18. The third-order valence-corrected chi connectivity index (χ3v) is 5.85. The van der Waals surface area contributed by atoms with Crippen LogP contribution in [0.1, 0.15) is 16.7 Å². The summed E-state index contributed by atoms with van der Waals surface area (Å²) in [5, 5.41) is 7.42. The first-order valence-corrected chi connectivity index (χ1v) is 11.1. The van der Waals surface area contributed by atoms with Gasteiger partial charge < -0.3 is 24.7 Å². The fourth-order valence-electron chi connectivity index (χ4n) is 3.92. The third-order valence-electron chi connectivity index (χ3n) is 5.65. The fourth-order valence-corrected chi connectivity index (χ4v) is 4.02. The van der Waals surface area contributed by atoms with Crippen molar-refractivity contribution in [2.24, 2.45) is 7.05 Å². The topological polar surface area (TPSA) is 86.1 Å². The summed E-state index contributed by atoms with van der Waals surface area (Å²) in [6, 6.07) is 11.1. The van der Waals surface area contributed by atoms with Crippen molar-refractivity contribution in [2.45, 2.75) is 26.4 Å². The van der Waals surface area contributed by atoms with E-state index >= 15 is 0 Å². The minimum atomic E-state index is 0.273. The molecule has 9 heteroatoms. The summed E-state index contributed by atoms with van der Waals surface area (Å²) < 4.78 is 13.2. The van der Waals surface area contributed by atoms with Crippen molar-refractivity contribution in [3.63, 3.8) is 0 Å². The van der Waals surface area contributed by atoms with E-state index in [9.17, 15) is 0 Å². The maximum absolute atomic E-state index is 5.89. The highest BCUT2D eigenvalue weighted by Gasteiger charge is 2.18. The normalized spacial score (nSPS) is 13.7. The van der Waals surface area contributed by atoms with Gasteiger partial charge in [0.25, 0.3) is 0 Å². The molecule has 0 unspecified atom stereocenters. The molecule has 8 nitrogen and oxygen atoms in total. The largest absolute Gasteiger partial charge is 0.424 e. The molecular formula is C24H25ClN6O2. The predicted molar refractivity (Wildman–Crippen MR) is 129 cm³/mol. The second kappa shape index (κ2) is 8.88. The second-order valence-electron chi connectivity index (χ2n) is 8.27. The Hall–Kier alpha value is -3.36. The molecule has 2 N–H and O–H groups in total. The number of imidazole rings is 1. The van der Waals surface area contributed by atoms with Crippen molar-refractivity contribution in [1.29, 1.82) is 0 Å². The van der Waals surface area contributed by atoms with E-state index in [0.29, 0.717) is 17.6 Å². The van der Waals surface area contributed by atoms with Crippen LogP contribution in [-0.4, -0.2) is 38.8 Å². The smallest absolute Gasteiger partial charge is 0.321 e. The van der Waals surface area contributed by atoms with Gasteiger partial charge in [-0.1, -0.05) is 23.7 Å². The van der Waals surface area contributed by atoms with Gasteiger partial charge in [0.05, 0.1) is 47.7 Å². The zero-order valence-corrected chi connectivity index (χ0v) is 19.5. The molecule has 0 radical (unpaired) electrons. The molecule has 0 spiro atoms. The van der Waals surface area contributed by atoms with Crippen molar-refractivity contribution in [3.05, 3.63) is 64.4 Å². The molecule has 1 aliphatic heterocycles. The van der Waals surface area contributed by atoms with Crippen molar-refractivity contribution in [2.75, 3.05) is 23.8 Å². The van der Waals surface area contributed by atoms with Gasteiger partial charge in [0, 0.05) is 19.3 Å². The number of nitrogens with zero attached hydrogens (tertiary/aromatic N) is 4. The summed E-state index contributed by atoms with van der Waals surface area (Å²) in [7, 11) is 2.02. The Balaban J connectivity index is 1.30. The number of halogens is 1. The maximum atomic E-state index is 5.89. The lowest BCUT2D eigenvalue weighted by molar-refractivity contribution is 0.0211. The number of benzene rings is 2. The van der Waals surface area contributed by atoms with Gasteiger partial charge in [-0.2, -0.15) is 0 Å². The van der Waals surface area contributed by atoms with Crippen molar-refractivity contribution in [3.8, 4) is 11.8 Å². The molecule has 170 valence electrons. The third kappa shape index (κ3) is 4.58. The minimum Gasteiger partial charge on any atom is -0.424 e. The molecule has 1 saturated heterocycles. The zero-order valence-electron chi connectivity index (χ0n) is 18.7. The standard InChI is InChI=1S/C24H25ClN6O2/c1-14-6-16(7-15(2)22(14)33-24-27-10-17(25)11-28-24)9-26-23-30-20-5-4-18(8-21(20)31(23)3)29-19-12-32-13-19/h4-8,10-11,19,29H,9,12-13H2,1-3H3,(H,26,30). The number of hydrogen-bond donors (Lipinski definition) is 2. The molecular weight excluding hydrogens is 440 g/mol. The summed E-state index contributed by atoms with van der Waals surface area (Å²) in [4.78, 5) is 13.0. The van der Waals surface area contributed by atoms with E-state index in [0.717, 1.165) is 58.3 Å². The van der Waals surface area contributed by atoms with E-state index in [1.807, 2.05) is 27.0 Å². The average molecular weight is 465 g/mol. The Bertz CT molecular complexity index is 1280. The number of anilines is 2. The Morgan fingerprint density at radius 2 is 1.85 bits per heavy atom. The molecule has 5 rings (SSSR count). The summed E-state index contributed by atoms with van der Waals surface area (Å²) in [5.74, 6) is 1.57. The molecule has 1 fully saturated rings. The van der Waals surface area contributed by atoms with Crippen LogP contribution in [-0.2, 0) is 18.3 Å². The van der Waals surface area contributed by atoms with Crippen LogP contribution in [0.5, 0.6) is 11.8 Å². The minimum absolute atomic E-state index is 0.273. The monoisotopic (exact) mass is 464 g/mol.